The molecule has 1 atom stereocenters. The first kappa shape index (κ1) is 13.9. The molecule has 4 nitrogen and oxygen atoms in total. The molecule has 2 aromatic rings. The minimum atomic E-state index is 0.556. The molecule has 4 heteroatoms. The van der Waals surface area contributed by atoms with Gasteiger partial charge in [0.05, 0.1) is 6.20 Å². The van der Waals surface area contributed by atoms with Crippen LogP contribution in [0.3, 0.4) is 0 Å². The molecule has 2 N–H and O–H groups in total. The van der Waals surface area contributed by atoms with Crippen molar-refractivity contribution in [3.05, 3.63) is 46.0 Å². The number of hydrogen-bond donors (Lipinski definition) is 2. The minimum absolute atomic E-state index is 0.556. The fourth-order valence-corrected chi connectivity index (χ4v) is 3.94. The minimum Gasteiger partial charge on any atom is -0.310 e. The number of aromatic nitrogens is 3. The lowest BCUT2D eigenvalue weighted by Gasteiger charge is -2.25. The number of pyridine rings is 1. The van der Waals surface area contributed by atoms with Crippen molar-refractivity contribution >= 4 is 0 Å². The molecular weight excluding hydrogens is 272 g/mol. The normalized spacial score (nSPS) is 20.5. The van der Waals surface area contributed by atoms with Gasteiger partial charge in [-0.15, -0.1) is 0 Å². The van der Waals surface area contributed by atoms with Crippen LogP contribution in [0.15, 0.2) is 12.3 Å². The molecule has 2 aliphatic carbocycles. The van der Waals surface area contributed by atoms with Crippen LogP contribution in [0.1, 0.15) is 53.0 Å². The molecule has 22 heavy (non-hydrogen) atoms. The van der Waals surface area contributed by atoms with Crippen molar-refractivity contribution in [3.8, 4) is 0 Å². The van der Waals surface area contributed by atoms with Crippen molar-refractivity contribution in [1.82, 2.24) is 20.5 Å². The summed E-state index contributed by atoms with van der Waals surface area (Å²) in [4.78, 5) is 4.75. The largest absolute Gasteiger partial charge is 0.310 e. The van der Waals surface area contributed by atoms with Gasteiger partial charge in [0, 0.05) is 36.1 Å². The van der Waals surface area contributed by atoms with Gasteiger partial charge >= 0.3 is 0 Å². The summed E-state index contributed by atoms with van der Waals surface area (Å²) < 4.78 is 0. The van der Waals surface area contributed by atoms with E-state index < -0.39 is 0 Å². The molecule has 116 valence electrons. The number of nitrogens with zero attached hydrogens (tertiary/aromatic N) is 2. The second-order valence-corrected chi connectivity index (χ2v) is 6.75. The fraction of sp³-hybridized carbons (Fsp3) is 0.556. The molecule has 0 amide bonds. The maximum atomic E-state index is 4.75. The number of H-pyrrole nitrogens is 1. The van der Waals surface area contributed by atoms with E-state index in [0.717, 1.165) is 31.5 Å². The number of rotatable bonds is 3. The topological polar surface area (TPSA) is 53.6 Å². The summed E-state index contributed by atoms with van der Waals surface area (Å²) in [5.41, 5.74) is 8.21. The Kier molecular flexibility index (Phi) is 3.70. The van der Waals surface area contributed by atoms with E-state index in [1.54, 1.807) is 0 Å². The van der Waals surface area contributed by atoms with Crippen LogP contribution < -0.4 is 5.32 Å². The average Bonchev–Trinajstić information content (AvgIpc) is 3.00. The number of aromatic amines is 1. The van der Waals surface area contributed by atoms with Crippen molar-refractivity contribution < 1.29 is 0 Å². The summed E-state index contributed by atoms with van der Waals surface area (Å²) in [5.74, 6) is 0. The molecule has 2 aliphatic rings. The predicted molar refractivity (Wildman–Crippen MR) is 86.9 cm³/mol. The van der Waals surface area contributed by atoms with E-state index in [1.165, 1.54) is 53.8 Å². The van der Waals surface area contributed by atoms with E-state index in [4.69, 9.17) is 4.98 Å². The molecule has 0 fully saturated rings. The zero-order valence-electron chi connectivity index (χ0n) is 13.3. The average molecular weight is 296 g/mol. The first-order chi connectivity index (χ1) is 10.8. The van der Waals surface area contributed by atoms with Gasteiger partial charge in [0.25, 0.3) is 0 Å². The third kappa shape index (κ3) is 2.68. The van der Waals surface area contributed by atoms with Crippen molar-refractivity contribution in [2.24, 2.45) is 0 Å². The van der Waals surface area contributed by atoms with Crippen LogP contribution >= 0.6 is 0 Å². The standard InChI is InChI=1S/C18H24N4/c1-12-8-14(16-4-2-3-5-17(16)21-12)10-19-15-7-6-13-11-20-22-18(13)9-15/h8,11,15,19H,2-7,9-10H2,1H3,(H,20,22). The number of nitrogens with one attached hydrogen (secondary N) is 2. The fourth-order valence-electron chi connectivity index (χ4n) is 3.94. The van der Waals surface area contributed by atoms with Gasteiger partial charge in [-0.1, -0.05) is 0 Å². The van der Waals surface area contributed by atoms with Crippen LogP contribution in [0.4, 0.5) is 0 Å². The quantitative estimate of drug-likeness (QED) is 0.915. The van der Waals surface area contributed by atoms with Crippen molar-refractivity contribution in [1.29, 1.82) is 0 Å². The number of fused-ring (bicyclic) bond motifs is 2. The van der Waals surface area contributed by atoms with Crippen LogP contribution in [-0.4, -0.2) is 21.2 Å². The number of hydrogen-bond acceptors (Lipinski definition) is 3. The summed E-state index contributed by atoms with van der Waals surface area (Å²) >= 11 is 0. The Bertz CT molecular complexity index is 674. The van der Waals surface area contributed by atoms with Gasteiger partial charge in [-0.25, -0.2) is 0 Å². The summed E-state index contributed by atoms with van der Waals surface area (Å²) in [7, 11) is 0. The SMILES string of the molecule is Cc1cc(CNC2CCc3cn[nH]c3C2)c2c(n1)CCCC2. The molecule has 2 heterocycles. The highest BCUT2D eigenvalue weighted by Gasteiger charge is 2.21. The van der Waals surface area contributed by atoms with E-state index in [9.17, 15) is 0 Å². The Morgan fingerprint density at radius 1 is 1.27 bits per heavy atom. The van der Waals surface area contributed by atoms with Gasteiger partial charge in [0.1, 0.15) is 0 Å². The van der Waals surface area contributed by atoms with Crippen LogP contribution in [0.5, 0.6) is 0 Å². The molecular formula is C18H24N4. The Morgan fingerprint density at radius 3 is 3.14 bits per heavy atom. The zero-order chi connectivity index (χ0) is 14.9. The second-order valence-electron chi connectivity index (χ2n) is 6.75. The van der Waals surface area contributed by atoms with Crippen LogP contribution in [-0.2, 0) is 32.2 Å². The second kappa shape index (κ2) is 5.84. The molecule has 1 unspecified atom stereocenters. The predicted octanol–water partition coefficient (Wildman–Crippen LogP) is 2.64. The summed E-state index contributed by atoms with van der Waals surface area (Å²) in [6.07, 6.45) is 10.4. The van der Waals surface area contributed by atoms with E-state index in [-0.39, 0.29) is 0 Å². The maximum Gasteiger partial charge on any atom is 0.0522 e. The third-order valence-corrected chi connectivity index (χ3v) is 5.12. The van der Waals surface area contributed by atoms with Crippen LogP contribution in [0.2, 0.25) is 0 Å². The molecule has 0 saturated heterocycles. The van der Waals surface area contributed by atoms with E-state index in [2.05, 4.69) is 28.5 Å². The van der Waals surface area contributed by atoms with Crippen molar-refractivity contribution in [2.75, 3.05) is 0 Å². The number of aryl methyl sites for hydroxylation is 3. The summed E-state index contributed by atoms with van der Waals surface area (Å²) in [5, 5.41) is 11.1. The Balaban J connectivity index is 1.47. The van der Waals surface area contributed by atoms with E-state index in [1.807, 2.05) is 6.20 Å². The molecule has 0 aromatic carbocycles. The first-order valence-electron chi connectivity index (χ1n) is 8.52. The highest BCUT2D eigenvalue weighted by molar-refractivity contribution is 5.34. The lowest BCUT2D eigenvalue weighted by Crippen LogP contribution is -2.34. The van der Waals surface area contributed by atoms with Crippen molar-refractivity contribution in [2.45, 2.75) is 64.5 Å². The van der Waals surface area contributed by atoms with Gasteiger partial charge in [-0.3, -0.25) is 10.1 Å². The lowest BCUT2D eigenvalue weighted by atomic mass is 9.90. The monoisotopic (exact) mass is 296 g/mol. The third-order valence-electron chi connectivity index (χ3n) is 5.12. The van der Waals surface area contributed by atoms with Crippen molar-refractivity contribution in [3.63, 3.8) is 0 Å². The highest BCUT2D eigenvalue weighted by Crippen LogP contribution is 2.25. The van der Waals surface area contributed by atoms with Gasteiger partial charge < -0.3 is 5.32 Å². The molecule has 2 aromatic heterocycles. The zero-order valence-corrected chi connectivity index (χ0v) is 13.3. The highest BCUT2D eigenvalue weighted by atomic mass is 15.1. The molecule has 0 spiro atoms. The Labute approximate surface area is 131 Å². The molecule has 0 bridgehead atoms. The molecule has 0 saturated carbocycles. The maximum absolute atomic E-state index is 4.75. The first-order valence-corrected chi connectivity index (χ1v) is 8.52. The van der Waals surface area contributed by atoms with Gasteiger partial charge in [0.2, 0.25) is 0 Å². The van der Waals surface area contributed by atoms with E-state index in [0.29, 0.717) is 6.04 Å². The Morgan fingerprint density at radius 2 is 2.18 bits per heavy atom. The summed E-state index contributed by atoms with van der Waals surface area (Å²) in [6, 6.07) is 2.84. The smallest absolute Gasteiger partial charge is 0.0522 e. The lowest BCUT2D eigenvalue weighted by molar-refractivity contribution is 0.452. The van der Waals surface area contributed by atoms with Gasteiger partial charge in [-0.05, 0) is 68.2 Å². The molecule has 0 radical (unpaired) electrons. The van der Waals surface area contributed by atoms with Gasteiger partial charge in [-0.2, -0.15) is 5.10 Å². The van der Waals surface area contributed by atoms with Gasteiger partial charge in [0.15, 0.2) is 0 Å². The Hall–Kier alpha value is -1.68. The molecule has 4 rings (SSSR count). The van der Waals surface area contributed by atoms with Crippen LogP contribution in [0, 0.1) is 6.92 Å². The molecule has 0 aliphatic heterocycles. The summed E-state index contributed by atoms with van der Waals surface area (Å²) in [6.45, 7) is 3.09. The van der Waals surface area contributed by atoms with Crippen LogP contribution in [0.25, 0.3) is 0 Å². The van der Waals surface area contributed by atoms with E-state index >= 15 is 0 Å².